The van der Waals surface area contributed by atoms with Crippen LogP contribution in [0.1, 0.15) is 114 Å². The van der Waals surface area contributed by atoms with E-state index in [9.17, 15) is 4.39 Å². The van der Waals surface area contributed by atoms with Gasteiger partial charge in [0.25, 0.3) is 0 Å². The molecule has 1 heteroatoms. The van der Waals surface area contributed by atoms with E-state index < -0.39 is 6.17 Å². The van der Waals surface area contributed by atoms with Gasteiger partial charge >= 0.3 is 0 Å². The first-order chi connectivity index (χ1) is 12.5. The van der Waals surface area contributed by atoms with Crippen molar-refractivity contribution in [3.8, 4) is 0 Å². The van der Waals surface area contributed by atoms with Crippen molar-refractivity contribution < 1.29 is 4.39 Å². The Morgan fingerprint density at radius 2 is 0.778 bits per heavy atom. The summed E-state index contributed by atoms with van der Waals surface area (Å²) in [6, 6.07) is 0. The summed E-state index contributed by atoms with van der Waals surface area (Å²) in [4.78, 5) is 0. The van der Waals surface area contributed by atoms with Gasteiger partial charge in [0.1, 0.15) is 6.17 Å². The Morgan fingerprint density at radius 1 is 0.444 bits per heavy atom. The van der Waals surface area contributed by atoms with Crippen LogP contribution in [-0.2, 0) is 0 Å². The highest BCUT2D eigenvalue weighted by Crippen LogP contribution is 2.32. The highest BCUT2D eigenvalue weighted by atomic mass is 19.1. The smallest absolute Gasteiger partial charge is 0.103 e. The van der Waals surface area contributed by atoms with Crippen LogP contribution in [-0.4, -0.2) is 6.17 Å². The lowest BCUT2D eigenvalue weighted by molar-refractivity contribution is 0.132. The molecule has 0 bridgehead atoms. The van der Waals surface area contributed by atoms with Gasteiger partial charge in [-0.15, -0.1) is 0 Å². The Hall–Kier alpha value is -0.0700. The van der Waals surface area contributed by atoms with Crippen molar-refractivity contribution in [1.29, 1.82) is 0 Å². The molecule has 0 aliphatic heterocycles. The largest absolute Gasteiger partial charge is 0.247 e. The minimum atomic E-state index is -0.648. The molecule has 7 atom stereocenters. The van der Waals surface area contributed by atoms with E-state index >= 15 is 0 Å². The molecule has 164 valence electrons. The monoisotopic (exact) mass is 384 g/mol. The average Bonchev–Trinajstić information content (AvgIpc) is 2.60. The first-order valence-corrected chi connectivity index (χ1v) is 12.1. The maximum Gasteiger partial charge on any atom is 0.103 e. The van der Waals surface area contributed by atoms with Crippen LogP contribution in [0.2, 0.25) is 0 Å². The highest BCUT2D eigenvalue weighted by molar-refractivity contribution is 4.76. The normalized spacial score (nSPS) is 20.3. The van der Waals surface area contributed by atoms with Crippen molar-refractivity contribution >= 4 is 0 Å². The Bertz CT molecular complexity index is 348. The van der Waals surface area contributed by atoms with E-state index in [4.69, 9.17) is 0 Å². The van der Waals surface area contributed by atoms with E-state index in [0.717, 1.165) is 30.1 Å². The van der Waals surface area contributed by atoms with Crippen molar-refractivity contribution in [3.05, 3.63) is 0 Å². The average molecular weight is 385 g/mol. The summed E-state index contributed by atoms with van der Waals surface area (Å²) in [5.74, 6) is 4.89. The van der Waals surface area contributed by atoms with Crippen LogP contribution >= 0.6 is 0 Å². The van der Waals surface area contributed by atoms with E-state index in [-0.39, 0.29) is 5.92 Å². The quantitative estimate of drug-likeness (QED) is 0.264. The number of hydrogen-bond donors (Lipinski definition) is 0. The maximum atomic E-state index is 14.9. The predicted octanol–water partition coefficient (Wildman–Crippen LogP) is 9.18. The van der Waals surface area contributed by atoms with Crippen molar-refractivity contribution in [2.24, 2.45) is 47.3 Å². The summed E-state index contributed by atoms with van der Waals surface area (Å²) in [6.45, 7) is 23.0. The second kappa shape index (κ2) is 14.0. The fourth-order valence-electron chi connectivity index (χ4n) is 3.99. The molecule has 0 amide bonds. The molecular weight excluding hydrogens is 331 g/mol. The number of rotatable bonds is 15. The molecule has 0 aliphatic rings. The second-order valence-corrected chi connectivity index (χ2v) is 11.0. The molecule has 0 aromatic carbocycles. The van der Waals surface area contributed by atoms with Crippen LogP contribution in [0.15, 0.2) is 0 Å². The summed E-state index contributed by atoms with van der Waals surface area (Å²) in [5.41, 5.74) is 0. The third-order valence-corrected chi connectivity index (χ3v) is 7.48. The molecule has 0 N–H and O–H groups in total. The van der Waals surface area contributed by atoms with Crippen LogP contribution in [0.5, 0.6) is 0 Å². The Kier molecular flexibility index (Phi) is 14.0. The summed E-state index contributed by atoms with van der Waals surface area (Å²) < 4.78 is 14.9. The van der Waals surface area contributed by atoms with Gasteiger partial charge in [-0.1, -0.05) is 108 Å². The molecular formula is C26H53F. The van der Waals surface area contributed by atoms with Gasteiger partial charge in [-0.05, 0) is 53.8 Å². The number of alkyl halides is 1. The number of halogens is 1. The molecule has 0 aromatic rings. The van der Waals surface area contributed by atoms with Gasteiger partial charge in [-0.3, -0.25) is 0 Å². The molecule has 27 heavy (non-hydrogen) atoms. The Labute approximate surface area is 172 Å². The Morgan fingerprint density at radius 3 is 1.19 bits per heavy atom. The molecule has 0 rings (SSSR count). The van der Waals surface area contributed by atoms with Crippen LogP contribution in [0.25, 0.3) is 0 Å². The summed E-state index contributed by atoms with van der Waals surface area (Å²) >= 11 is 0. The minimum Gasteiger partial charge on any atom is -0.247 e. The molecule has 0 fully saturated rings. The third kappa shape index (κ3) is 12.2. The van der Waals surface area contributed by atoms with Crippen LogP contribution in [0.3, 0.4) is 0 Å². The van der Waals surface area contributed by atoms with Gasteiger partial charge in [0, 0.05) is 0 Å². The Balaban J connectivity index is 4.28. The lowest BCUT2D eigenvalue weighted by atomic mass is 9.78. The molecule has 7 unspecified atom stereocenters. The first kappa shape index (κ1) is 26.9. The topological polar surface area (TPSA) is 0 Å². The zero-order chi connectivity index (χ0) is 21.1. The van der Waals surface area contributed by atoms with Gasteiger partial charge < -0.3 is 0 Å². The lowest BCUT2D eigenvalue weighted by Crippen LogP contribution is -2.25. The van der Waals surface area contributed by atoms with Crippen molar-refractivity contribution in [3.63, 3.8) is 0 Å². The molecule has 0 heterocycles. The summed E-state index contributed by atoms with van der Waals surface area (Å²) in [7, 11) is 0. The van der Waals surface area contributed by atoms with Gasteiger partial charge in [0.05, 0.1) is 0 Å². The zero-order valence-electron chi connectivity index (χ0n) is 20.5. The predicted molar refractivity (Wildman–Crippen MR) is 122 cm³/mol. The van der Waals surface area contributed by atoms with Gasteiger partial charge in [-0.2, -0.15) is 0 Å². The molecule has 0 saturated heterocycles. The van der Waals surface area contributed by atoms with Gasteiger partial charge in [-0.25, -0.2) is 4.39 Å². The second-order valence-electron chi connectivity index (χ2n) is 11.0. The molecule has 0 aromatic heterocycles. The summed E-state index contributed by atoms with van der Waals surface area (Å²) in [6.07, 6.45) is 7.68. The maximum absolute atomic E-state index is 14.9. The van der Waals surface area contributed by atoms with Gasteiger partial charge in [0.2, 0.25) is 0 Å². The SMILES string of the molecule is CC(C)CCC(C)C(C)CCC(C)C(C)C(F)CC(C)C(C)CCC(C)C. The standard InChI is InChI=1S/C26H53F/c1-18(2)11-13-20(5)21(6)15-16-23(8)25(10)26(27)17-24(9)22(7)14-12-19(3)4/h18-26H,11-17H2,1-10H3. The molecule has 0 radical (unpaired) electrons. The van der Waals surface area contributed by atoms with E-state index in [0.29, 0.717) is 17.8 Å². The minimum absolute atomic E-state index is 0.183. The molecule has 0 aliphatic carbocycles. The molecule has 0 nitrogen and oxygen atoms in total. The van der Waals surface area contributed by atoms with Crippen LogP contribution < -0.4 is 0 Å². The zero-order valence-corrected chi connectivity index (χ0v) is 20.5. The third-order valence-electron chi connectivity index (χ3n) is 7.48. The summed E-state index contributed by atoms with van der Waals surface area (Å²) in [5, 5.41) is 0. The van der Waals surface area contributed by atoms with Gasteiger partial charge in [0.15, 0.2) is 0 Å². The fraction of sp³-hybridized carbons (Fsp3) is 1.00. The lowest BCUT2D eigenvalue weighted by Gasteiger charge is -2.29. The number of hydrogen-bond acceptors (Lipinski definition) is 0. The highest BCUT2D eigenvalue weighted by Gasteiger charge is 2.26. The van der Waals surface area contributed by atoms with Crippen LogP contribution in [0.4, 0.5) is 4.39 Å². The van der Waals surface area contributed by atoms with E-state index in [1.54, 1.807) is 0 Å². The first-order valence-electron chi connectivity index (χ1n) is 12.1. The molecule has 0 spiro atoms. The van der Waals surface area contributed by atoms with E-state index in [1.807, 2.05) is 0 Å². The van der Waals surface area contributed by atoms with E-state index in [1.165, 1.54) is 38.5 Å². The van der Waals surface area contributed by atoms with Crippen LogP contribution in [0, 0.1) is 47.3 Å². The van der Waals surface area contributed by atoms with Crippen molar-refractivity contribution in [2.75, 3.05) is 0 Å². The van der Waals surface area contributed by atoms with E-state index in [2.05, 4.69) is 69.2 Å². The van der Waals surface area contributed by atoms with Crippen molar-refractivity contribution in [1.82, 2.24) is 0 Å². The van der Waals surface area contributed by atoms with Crippen molar-refractivity contribution in [2.45, 2.75) is 120 Å². The fourth-order valence-corrected chi connectivity index (χ4v) is 3.99. The molecule has 0 saturated carbocycles.